The highest BCUT2D eigenvalue weighted by Gasteiger charge is 2.33. The minimum Gasteiger partial charge on any atom is -0.484 e. The van der Waals surface area contributed by atoms with E-state index in [4.69, 9.17) is 16.3 Å². The highest BCUT2D eigenvalue weighted by molar-refractivity contribution is 6.30. The van der Waals surface area contributed by atoms with E-state index < -0.39 is 5.82 Å². The van der Waals surface area contributed by atoms with Crippen LogP contribution in [0.1, 0.15) is 23.6 Å². The largest absolute Gasteiger partial charge is 0.484 e. The number of para-hydroxylation sites is 1. The number of carbonyl (C=O) groups excluding carboxylic acids is 1. The van der Waals surface area contributed by atoms with Gasteiger partial charge in [0.15, 0.2) is 6.61 Å². The van der Waals surface area contributed by atoms with Crippen molar-refractivity contribution in [3.63, 3.8) is 0 Å². The molecule has 144 valence electrons. The van der Waals surface area contributed by atoms with Gasteiger partial charge in [-0.2, -0.15) is 0 Å². The molecule has 0 spiro atoms. The number of benzene rings is 2. The van der Waals surface area contributed by atoms with Gasteiger partial charge in [0.1, 0.15) is 11.6 Å². The van der Waals surface area contributed by atoms with E-state index in [1.54, 1.807) is 6.07 Å². The van der Waals surface area contributed by atoms with Crippen molar-refractivity contribution in [1.29, 1.82) is 0 Å². The van der Waals surface area contributed by atoms with Gasteiger partial charge in [-0.3, -0.25) is 9.69 Å². The van der Waals surface area contributed by atoms with Crippen LogP contribution in [-0.4, -0.2) is 37.6 Å². The Bertz CT molecular complexity index is 815. The van der Waals surface area contributed by atoms with E-state index in [0.29, 0.717) is 12.3 Å². The standard InChI is InChI=1S/C21H24ClFN2O2/c1-14-5-3-4-6-19(14)27-13-20(26)24-12-16-9-10-25(2)21(16)15-7-8-17(22)18(23)11-15/h3-8,11,16,21H,9-10,12-13H2,1-2H3,(H,24,26)/t16-,21+/m0/s1. The summed E-state index contributed by atoms with van der Waals surface area (Å²) in [4.78, 5) is 14.4. The maximum atomic E-state index is 13.9. The number of carbonyl (C=O) groups is 1. The molecule has 1 amide bonds. The summed E-state index contributed by atoms with van der Waals surface area (Å²) in [6.45, 7) is 3.34. The predicted molar refractivity (Wildman–Crippen MR) is 105 cm³/mol. The lowest BCUT2D eigenvalue weighted by Gasteiger charge is -2.26. The summed E-state index contributed by atoms with van der Waals surface area (Å²) in [5, 5.41) is 3.07. The third-order valence-electron chi connectivity index (χ3n) is 5.07. The SMILES string of the molecule is Cc1ccccc1OCC(=O)NC[C@@H]1CCN(C)[C@@H]1c1ccc(Cl)c(F)c1. The third kappa shape index (κ3) is 4.79. The number of halogens is 2. The smallest absolute Gasteiger partial charge is 0.257 e. The van der Waals surface area contributed by atoms with Crippen molar-refractivity contribution >= 4 is 17.5 Å². The average Bonchev–Trinajstić information content (AvgIpc) is 3.02. The van der Waals surface area contributed by atoms with Gasteiger partial charge in [-0.05, 0) is 62.2 Å². The number of rotatable bonds is 6. The monoisotopic (exact) mass is 390 g/mol. The van der Waals surface area contributed by atoms with E-state index in [1.807, 2.05) is 44.3 Å². The predicted octanol–water partition coefficient (Wildman–Crippen LogP) is 3.98. The number of aryl methyl sites for hydroxylation is 1. The van der Waals surface area contributed by atoms with E-state index in [1.165, 1.54) is 6.07 Å². The zero-order valence-electron chi connectivity index (χ0n) is 15.5. The Morgan fingerprint density at radius 3 is 2.85 bits per heavy atom. The maximum Gasteiger partial charge on any atom is 0.257 e. The Morgan fingerprint density at radius 2 is 2.11 bits per heavy atom. The van der Waals surface area contributed by atoms with Gasteiger partial charge < -0.3 is 10.1 Å². The molecule has 0 bridgehead atoms. The number of amides is 1. The fourth-order valence-electron chi connectivity index (χ4n) is 3.62. The van der Waals surface area contributed by atoms with Gasteiger partial charge in [-0.15, -0.1) is 0 Å². The Balaban J connectivity index is 1.56. The van der Waals surface area contributed by atoms with Crippen molar-refractivity contribution in [3.8, 4) is 5.75 Å². The van der Waals surface area contributed by atoms with Gasteiger partial charge in [0.05, 0.1) is 5.02 Å². The quantitative estimate of drug-likeness (QED) is 0.811. The van der Waals surface area contributed by atoms with Gasteiger partial charge in [-0.25, -0.2) is 4.39 Å². The van der Waals surface area contributed by atoms with Crippen LogP contribution in [0.4, 0.5) is 4.39 Å². The summed E-state index contributed by atoms with van der Waals surface area (Å²) in [7, 11) is 2.01. The van der Waals surface area contributed by atoms with Crippen molar-refractivity contribution in [2.75, 3.05) is 26.7 Å². The maximum absolute atomic E-state index is 13.9. The lowest BCUT2D eigenvalue weighted by atomic mass is 9.93. The van der Waals surface area contributed by atoms with Crippen molar-refractivity contribution in [1.82, 2.24) is 10.2 Å². The summed E-state index contributed by atoms with van der Waals surface area (Å²) >= 11 is 5.80. The molecule has 0 saturated carbocycles. The normalized spacial score (nSPS) is 19.9. The molecule has 1 aliphatic heterocycles. The summed E-state index contributed by atoms with van der Waals surface area (Å²) < 4.78 is 19.4. The van der Waals surface area contributed by atoms with E-state index in [0.717, 1.165) is 24.1 Å². The highest BCUT2D eigenvalue weighted by atomic mass is 35.5. The second-order valence-electron chi connectivity index (χ2n) is 7.01. The minimum absolute atomic E-state index is 0.0202. The Hall–Kier alpha value is -2.11. The van der Waals surface area contributed by atoms with E-state index in [2.05, 4.69) is 10.2 Å². The summed E-state index contributed by atoms with van der Waals surface area (Å²) in [6.07, 6.45) is 0.935. The molecule has 0 radical (unpaired) electrons. The van der Waals surface area contributed by atoms with Gasteiger partial charge in [0.25, 0.3) is 5.91 Å². The molecule has 1 N–H and O–H groups in total. The summed E-state index contributed by atoms with van der Waals surface area (Å²) in [6, 6.07) is 12.6. The van der Waals surface area contributed by atoms with Crippen LogP contribution in [0.25, 0.3) is 0 Å². The van der Waals surface area contributed by atoms with Crippen molar-refractivity contribution < 1.29 is 13.9 Å². The number of hydrogen-bond acceptors (Lipinski definition) is 3. The van der Waals surface area contributed by atoms with Gasteiger partial charge in [0, 0.05) is 12.6 Å². The van der Waals surface area contributed by atoms with E-state index >= 15 is 0 Å². The Kier molecular flexibility index (Phi) is 6.34. The zero-order valence-corrected chi connectivity index (χ0v) is 16.3. The molecule has 1 aliphatic rings. The van der Waals surface area contributed by atoms with Crippen LogP contribution >= 0.6 is 11.6 Å². The second-order valence-corrected chi connectivity index (χ2v) is 7.41. The summed E-state index contributed by atoms with van der Waals surface area (Å²) in [5.41, 5.74) is 1.87. The first-order valence-corrected chi connectivity index (χ1v) is 9.44. The molecule has 1 saturated heterocycles. The average molecular weight is 391 g/mol. The first-order valence-electron chi connectivity index (χ1n) is 9.06. The molecule has 2 aromatic carbocycles. The van der Waals surface area contributed by atoms with Crippen LogP contribution in [0, 0.1) is 18.7 Å². The fourth-order valence-corrected chi connectivity index (χ4v) is 3.74. The molecule has 1 heterocycles. The van der Waals surface area contributed by atoms with Crippen LogP contribution in [0.2, 0.25) is 5.02 Å². The molecule has 27 heavy (non-hydrogen) atoms. The lowest BCUT2D eigenvalue weighted by molar-refractivity contribution is -0.123. The van der Waals surface area contributed by atoms with Crippen LogP contribution in [0.3, 0.4) is 0 Å². The molecule has 1 fully saturated rings. The summed E-state index contributed by atoms with van der Waals surface area (Å²) in [5.74, 6) is 0.346. The van der Waals surface area contributed by atoms with Crippen molar-refractivity contribution in [3.05, 3.63) is 64.4 Å². The molecule has 4 nitrogen and oxygen atoms in total. The zero-order chi connectivity index (χ0) is 19.4. The molecule has 0 aliphatic carbocycles. The number of nitrogens with one attached hydrogen (secondary N) is 1. The number of likely N-dealkylation sites (tertiary alicyclic amines) is 1. The molecule has 3 rings (SSSR count). The molecule has 2 aromatic rings. The number of nitrogens with zero attached hydrogens (tertiary/aromatic N) is 1. The fraction of sp³-hybridized carbons (Fsp3) is 0.381. The van der Waals surface area contributed by atoms with Crippen LogP contribution in [-0.2, 0) is 4.79 Å². The van der Waals surface area contributed by atoms with E-state index in [-0.39, 0.29) is 29.5 Å². The molecule has 0 aromatic heterocycles. The first-order chi connectivity index (χ1) is 13.0. The van der Waals surface area contributed by atoms with Crippen LogP contribution in [0.5, 0.6) is 5.75 Å². The lowest BCUT2D eigenvalue weighted by Crippen LogP contribution is -2.35. The van der Waals surface area contributed by atoms with E-state index in [9.17, 15) is 9.18 Å². The highest BCUT2D eigenvalue weighted by Crippen LogP contribution is 2.36. The second kappa shape index (κ2) is 8.72. The first kappa shape index (κ1) is 19.6. The van der Waals surface area contributed by atoms with Crippen LogP contribution < -0.4 is 10.1 Å². The molecular weight excluding hydrogens is 367 g/mol. The van der Waals surface area contributed by atoms with Crippen molar-refractivity contribution in [2.45, 2.75) is 19.4 Å². The minimum atomic E-state index is -0.413. The van der Waals surface area contributed by atoms with Gasteiger partial charge >= 0.3 is 0 Å². The van der Waals surface area contributed by atoms with Crippen LogP contribution in [0.15, 0.2) is 42.5 Å². The Labute approximate surface area is 164 Å². The topological polar surface area (TPSA) is 41.6 Å². The number of ether oxygens (including phenoxy) is 1. The molecule has 6 heteroatoms. The molecule has 0 unspecified atom stereocenters. The molecule has 2 atom stereocenters. The van der Waals surface area contributed by atoms with Gasteiger partial charge in [0.2, 0.25) is 0 Å². The number of hydrogen-bond donors (Lipinski definition) is 1. The Morgan fingerprint density at radius 1 is 1.33 bits per heavy atom. The molecular formula is C21H24ClFN2O2. The third-order valence-corrected chi connectivity index (χ3v) is 5.38. The van der Waals surface area contributed by atoms with Crippen molar-refractivity contribution in [2.24, 2.45) is 5.92 Å². The van der Waals surface area contributed by atoms with Gasteiger partial charge in [-0.1, -0.05) is 35.9 Å².